The molecule has 2 nitrogen and oxygen atoms in total. The van der Waals surface area contributed by atoms with E-state index in [1.807, 2.05) is 12.2 Å². The second-order valence-corrected chi connectivity index (χ2v) is 4.09. The minimum atomic E-state index is 0.0662. The van der Waals surface area contributed by atoms with Gasteiger partial charge in [-0.15, -0.1) is 0 Å². The lowest BCUT2D eigenvalue weighted by Crippen LogP contribution is -2.21. The van der Waals surface area contributed by atoms with Crippen LogP contribution in [-0.4, -0.2) is 18.9 Å². The average Bonchev–Trinajstić information content (AvgIpc) is 2.37. The van der Waals surface area contributed by atoms with Gasteiger partial charge in [0, 0.05) is 18.8 Å². The lowest BCUT2D eigenvalue weighted by Gasteiger charge is -2.20. The molecule has 96 valence electrons. The molecule has 0 atom stereocenters. The molecule has 2 heteroatoms. The van der Waals surface area contributed by atoms with Gasteiger partial charge in [0.2, 0.25) is 0 Å². The molecule has 0 aliphatic carbocycles. The summed E-state index contributed by atoms with van der Waals surface area (Å²) in [6.07, 6.45) is 7.20. The molecule has 0 radical (unpaired) electrons. The van der Waals surface area contributed by atoms with Gasteiger partial charge in [-0.1, -0.05) is 30.4 Å². The molecule has 0 saturated carbocycles. The van der Waals surface area contributed by atoms with Crippen LogP contribution in [0.5, 0.6) is 0 Å². The first-order chi connectivity index (χ1) is 8.67. The SMILES string of the molecule is CCN(CC)c1ccc(/C=C/C=C/C(C)=O)cc1. The molecule has 0 fully saturated rings. The van der Waals surface area contributed by atoms with E-state index in [9.17, 15) is 4.79 Å². The summed E-state index contributed by atoms with van der Waals surface area (Å²) < 4.78 is 0. The highest BCUT2D eigenvalue weighted by Crippen LogP contribution is 2.15. The predicted octanol–water partition coefficient (Wildman–Crippen LogP) is 3.69. The van der Waals surface area contributed by atoms with Crippen LogP contribution < -0.4 is 4.90 Å². The fourth-order valence-electron chi connectivity index (χ4n) is 1.74. The first-order valence-corrected chi connectivity index (χ1v) is 6.37. The molecule has 0 bridgehead atoms. The molecule has 1 aromatic carbocycles. The van der Waals surface area contributed by atoms with E-state index in [4.69, 9.17) is 0 Å². The molecule has 0 saturated heterocycles. The number of hydrogen-bond donors (Lipinski definition) is 0. The molecule has 0 spiro atoms. The Morgan fingerprint density at radius 1 is 1.11 bits per heavy atom. The lowest BCUT2D eigenvalue weighted by molar-refractivity contribution is -0.112. The maximum Gasteiger partial charge on any atom is 0.152 e. The van der Waals surface area contributed by atoms with Crippen LogP contribution in [0.4, 0.5) is 5.69 Å². The number of ketones is 1. The average molecular weight is 243 g/mol. The summed E-state index contributed by atoms with van der Waals surface area (Å²) in [5.74, 6) is 0.0662. The normalized spacial score (nSPS) is 11.3. The zero-order valence-electron chi connectivity index (χ0n) is 11.4. The van der Waals surface area contributed by atoms with Crippen LogP contribution in [0, 0.1) is 0 Å². The van der Waals surface area contributed by atoms with Gasteiger partial charge in [-0.05, 0) is 44.5 Å². The number of rotatable bonds is 6. The molecule has 0 aliphatic rings. The van der Waals surface area contributed by atoms with Crippen LogP contribution in [0.3, 0.4) is 0 Å². The molecule has 18 heavy (non-hydrogen) atoms. The summed E-state index contributed by atoms with van der Waals surface area (Å²) in [4.78, 5) is 13.0. The van der Waals surface area contributed by atoms with Crippen LogP contribution in [0.1, 0.15) is 26.3 Å². The van der Waals surface area contributed by atoms with Crippen LogP contribution in [0.15, 0.2) is 42.5 Å². The third kappa shape index (κ3) is 4.58. The van der Waals surface area contributed by atoms with Gasteiger partial charge in [-0.25, -0.2) is 0 Å². The van der Waals surface area contributed by atoms with Gasteiger partial charge in [0.05, 0.1) is 0 Å². The van der Waals surface area contributed by atoms with Crippen molar-refractivity contribution in [1.29, 1.82) is 0 Å². The molecular weight excluding hydrogens is 222 g/mol. The van der Waals surface area contributed by atoms with E-state index in [2.05, 4.69) is 43.0 Å². The Morgan fingerprint density at radius 2 is 1.72 bits per heavy atom. The van der Waals surface area contributed by atoms with Crippen molar-refractivity contribution in [3.8, 4) is 0 Å². The number of anilines is 1. The molecule has 0 heterocycles. The molecule has 0 aliphatic heterocycles. The number of benzene rings is 1. The van der Waals surface area contributed by atoms with Crippen LogP contribution in [0.25, 0.3) is 6.08 Å². The maximum absolute atomic E-state index is 10.7. The van der Waals surface area contributed by atoms with Crippen LogP contribution >= 0.6 is 0 Å². The quantitative estimate of drug-likeness (QED) is 0.561. The standard InChI is InChI=1S/C16H21NO/c1-4-17(5-2)16-12-10-15(11-13-16)9-7-6-8-14(3)18/h6-13H,4-5H2,1-3H3/b8-6+,9-7+. The molecule has 0 unspecified atom stereocenters. The van der Waals surface area contributed by atoms with Crippen LogP contribution in [0.2, 0.25) is 0 Å². The van der Waals surface area contributed by atoms with Gasteiger partial charge in [0.25, 0.3) is 0 Å². The third-order valence-electron chi connectivity index (χ3n) is 2.75. The number of allylic oxidation sites excluding steroid dienone is 3. The maximum atomic E-state index is 10.7. The van der Waals surface area contributed by atoms with Crippen molar-refractivity contribution in [2.24, 2.45) is 0 Å². The van der Waals surface area contributed by atoms with E-state index >= 15 is 0 Å². The van der Waals surface area contributed by atoms with Crippen molar-refractivity contribution in [3.05, 3.63) is 48.1 Å². The van der Waals surface area contributed by atoms with Gasteiger partial charge >= 0.3 is 0 Å². The van der Waals surface area contributed by atoms with E-state index in [0.717, 1.165) is 18.7 Å². The second-order valence-electron chi connectivity index (χ2n) is 4.09. The Hall–Kier alpha value is -1.83. The van der Waals surface area contributed by atoms with Gasteiger partial charge in [-0.3, -0.25) is 4.79 Å². The van der Waals surface area contributed by atoms with Crippen molar-refractivity contribution in [1.82, 2.24) is 0 Å². The van der Waals surface area contributed by atoms with Crippen LogP contribution in [-0.2, 0) is 4.79 Å². The zero-order valence-corrected chi connectivity index (χ0v) is 11.4. The number of hydrogen-bond acceptors (Lipinski definition) is 2. The van der Waals surface area contributed by atoms with Crippen molar-refractivity contribution in [2.45, 2.75) is 20.8 Å². The van der Waals surface area contributed by atoms with E-state index in [1.165, 1.54) is 5.69 Å². The van der Waals surface area contributed by atoms with Crippen molar-refractivity contribution >= 4 is 17.5 Å². The molecule has 1 aromatic rings. The summed E-state index contributed by atoms with van der Waals surface area (Å²) in [7, 11) is 0. The number of carbonyl (C=O) groups excluding carboxylic acids is 1. The third-order valence-corrected chi connectivity index (χ3v) is 2.75. The van der Waals surface area contributed by atoms with Crippen molar-refractivity contribution in [2.75, 3.05) is 18.0 Å². The molecule has 0 aromatic heterocycles. The fraction of sp³-hybridized carbons (Fsp3) is 0.312. The molecule has 0 amide bonds. The Kier molecular flexibility index (Phi) is 5.92. The minimum absolute atomic E-state index is 0.0662. The minimum Gasteiger partial charge on any atom is -0.372 e. The Balaban J connectivity index is 2.68. The van der Waals surface area contributed by atoms with Gasteiger partial charge in [-0.2, -0.15) is 0 Å². The summed E-state index contributed by atoms with van der Waals surface area (Å²) >= 11 is 0. The largest absolute Gasteiger partial charge is 0.372 e. The second kappa shape index (κ2) is 7.49. The lowest BCUT2D eigenvalue weighted by atomic mass is 10.1. The van der Waals surface area contributed by atoms with E-state index < -0.39 is 0 Å². The van der Waals surface area contributed by atoms with E-state index in [1.54, 1.807) is 19.1 Å². The molecular formula is C16H21NO. The highest BCUT2D eigenvalue weighted by molar-refractivity contribution is 5.87. The van der Waals surface area contributed by atoms with Gasteiger partial charge < -0.3 is 4.90 Å². The highest BCUT2D eigenvalue weighted by atomic mass is 16.1. The Bertz CT molecular complexity index is 425. The first-order valence-electron chi connectivity index (χ1n) is 6.37. The monoisotopic (exact) mass is 243 g/mol. The summed E-state index contributed by atoms with van der Waals surface area (Å²) in [5, 5.41) is 0. The van der Waals surface area contributed by atoms with Crippen molar-refractivity contribution in [3.63, 3.8) is 0 Å². The predicted molar refractivity (Wildman–Crippen MR) is 78.9 cm³/mol. The van der Waals surface area contributed by atoms with Gasteiger partial charge in [0.1, 0.15) is 0 Å². The smallest absolute Gasteiger partial charge is 0.152 e. The fourth-order valence-corrected chi connectivity index (χ4v) is 1.74. The first kappa shape index (κ1) is 14.2. The Morgan fingerprint density at radius 3 is 2.22 bits per heavy atom. The summed E-state index contributed by atoms with van der Waals surface area (Å²) in [6.45, 7) is 7.90. The number of nitrogens with zero attached hydrogens (tertiary/aromatic N) is 1. The summed E-state index contributed by atoms with van der Waals surface area (Å²) in [6, 6.07) is 8.43. The highest BCUT2D eigenvalue weighted by Gasteiger charge is 1.99. The number of carbonyl (C=O) groups is 1. The molecule has 1 rings (SSSR count). The zero-order chi connectivity index (χ0) is 13.4. The topological polar surface area (TPSA) is 20.3 Å². The van der Waals surface area contributed by atoms with Crippen molar-refractivity contribution < 1.29 is 4.79 Å². The Labute approximate surface area is 110 Å². The molecule has 0 N–H and O–H groups in total. The van der Waals surface area contributed by atoms with Gasteiger partial charge in [0.15, 0.2) is 5.78 Å². The van der Waals surface area contributed by atoms with E-state index in [-0.39, 0.29) is 5.78 Å². The van der Waals surface area contributed by atoms with E-state index in [0.29, 0.717) is 0 Å². The summed E-state index contributed by atoms with van der Waals surface area (Å²) in [5.41, 5.74) is 2.38.